The number of benzene rings is 1. The van der Waals surface area contributed by atoms with Crippen molar-refractivity contribution in [2.75, 3.05) is 13.6 Å². The number of likely N-dealkylation sites (tertiary alicyclic amines) is 1. The zero-order valence-electron chi connectivity index (χ0n) is 12.3. The van der Waals surface area contributed by atoms with Gasteiger partial charge in [0.05, 0.1) is 6.42 Å². The lowest BCUT2D eigenvalue weighted by atomic mass is 9.98. The number of piperidine rings is 1. The Morgan fingerprint density at radius 3 is 2.75 bits per heavy atom. The van der Waals surface area contributed by atoms with E-state index in [-0.39, 0.29) is 6.42 Å². The number of hydrogen-bond donors (Lipinski definition) is 2. The Morgan fingerprint density at radius 1 is 1.40 bits per heavy atom. The lowest BCUT2D eigenvalue weighted by Gasteiger charge is -2.35. The van der Waals surface area contributed by atoms with Gasteiger partial charge in [0.15, 0.2) is 0 Å². The van der Waals surface area contributed by atoms with E-state index in [2.05, 4.69) is 24.2 Å². The Morgan fingerprint density at radius 2 is 2.10 bits per heavy atom. The number of carboxylic acid groups (broad SMARTS) is 1. The van der Waals surface area contributed by atoms with Crippen molar-refractivity contribution in [2.24, 2.45) is 0 Å². The quantitative estimate of drug-likeness (QED) is 0.862. The molecule has 2 atom stereocenters. The third-order valence-electron chi connectivity index (χ3n) is 4.25. The molecule has 0 aromatic heterocycles. The highest BCUT2D eigenvalue weighted by Gasteiger charge is 2.22. The van der Waals surface area contributed by atoms with Crippen molar-refractivity contribution < 1.29 is 9.90 Å². The summed E-state index contributed by atoms with van der Waals surface area (Å²) in [5.41, 5.74) is 2.01. The number of carboxylic acids is 1. The predicted molar refractivity (Wildman–Crippen MR) is 79.7 cm³/mol. The summed E-state index contributed by atoms with van der Waals surface area (Å²) in [7, 11) is 2.17. The number of nitrogens with zero attached hydrogens (tertiary/aromatic N) is 1. The zero-order chi connectivity index (χ0) is 14.5. The van der Waals surface area contributed by atoms with E-state index in [1.807, 2.05) is 24.3 Å². The first-order chi connectivity index (χ1) is 9.56. The van der Waals surface area contributed by atoms with Crippen LogP contribution in [0.4, 0.5) is 0 Å². The van der Waals surface area contributed by atoms with Gasteiger partial charge in [-0.05, 0) is 44.5 Å². The van der Waals surface area contributed by atoms with E-state index < -0.39 is 5.97 Å². The van der Waals surface area contributed by atoms with Gasteiger partial charge in [0.1, 0.15) is 0 Å². The van der Waals surface area contributed by atoms with Crippen LogP contribution in [0.3, 0.4) is 0 Å². The molecule has 1 aliphatic rings. The smallest absolute Gasteiger partial charge is 0.307 e. The minimum absolute atomic E-state index is 0.0989. The van der Waals surface area contributed by atoms with E-state index in [0.29, 0.717) is 12.1 Å². The number of hydrogen-bond acceptors (Lipinski definition) is 3. The normalized spacial score (nSPS) is 23.7. The zero-order valence-corrected chi connectivity index (χ0v) is 12.3. The molecule has 1 aromatic rings. The second kappa shape index (κ2) is 6.86. The van der Waals surface area contributed by atoms with Gasteiger partial charge < -0.3 is 15.3 Å². The highest BCUT2D eigenvalue weighted by molar-refractivity contribution is 5.70. The van der Waals surface area contributed by atoms with E-state index in [4.69, 9.17) is 5.11 Å². The minimum atomic E-state index is -0.773. The van der Waals surface area contributed by atoms with E-state index in [1.165, 1.54) is 0 Å². The highest BCUT2D eigenvalue weighted by Crippen LogP contribution is 2.17. The Hall–Kier alpha value is -1.39. The van der Waals surface area contributed by atoms with Crippen LogP contribution in [0.1, 0.15) is 30.9 Å². The molecule has 0 radical (unpaired) electrons. The van der Waals surface area contributed by atoms with Crippen LogP contribution in [-0.2, 0) is 17.8 Å². The van der Waals surface area contributed by atoms with Crippen molar-refractivity contribution in [1.29, 1.82) is 0 Å². The summed E-state index contributed by atoms with van der Waals surface area (Å²) >= 11 is 0. The molecule has 1 aromatic carbocycles. The lowest BCUT2D eigenvalue weighted by Crippen LogP contribution is -2.45. The minimum Gasteiger partial charge on any atom is -0.481 e. The molecule has 0 aliphatic carbocycles. The molecule has 110 valence electrons. The van der Waals surface area contributed by atoms with Gasteiger partial charge in [-0.1, -0.05) is 24.3 Å². The average molecular weight is 276 g/mol. The van der Waals surface area contributed by atoms with Gasteiger partial charge in [-0.2, -0.15) is 0 Å². The summed E-state index contributed by atoms with van der Waals surface area (Å²) in [6.07, 6.45) is 2.40. The molecule has 0 bridgehead atoms. The van der Waals surface area contributed by atoms with Crippen LogP contribution in [0.15, 0.2) is 24.3 Å². The van der Waals surface area contributed by atoms with E-state index in [0.717, 1.165) is 37.1 Å². The van der Waals surface area contributed by atoms with Crippen molar-refractivity contribution >= 4 is 5.97 Å². The van der Waals surface area contributed by atoms with Gasteiger partial charge in [0.25, 0.3) is 0 Å². The average Bonchev–Trinajstić information content (AvgIpc) is 2.41. The van der Waals surface area contributed by atoms with Gasteiger partial charge in [0.2, 0.25) is 0 Å². The number of rotatable bonds is 5. The van der Waals surface area contributed by atoms with Gasteiger partial charge in [-0.15, -0.1) is 0 Å². The van der Waals surface area contributed by atoms with Crippen LogP contribution in [0, 0.1) is 0 Å². The molecule has 0 amide bonds. The summed E-state index contributed by atoms with van der Waals surface area (Å²) < 4.78 is 0. The predicted octanol–water partition coefficient (Wildman–Crippen LogP) is 1.89. The third kappa shape index (κ3) is 4.05. The van der Waals surface area contributed by atoms with Gasteiger partial charge >= 0.3 is 5.97 Å². The standard InChI is InChI=1S/C16H24N2O2/c1-12-9-15(7-8-18(12)2)17-11-14-6-4-3-5-13(14)10-16(19)20/h3-6,12,15,17H,7-11H2,1-2H3,(H,19,20). The number of carbonyl (C=O) groups is 1. The highest BCUT2D eigenvalue weighted by atomic mass is 16.4. The van der Waals surface area contributed by atoms with E-state index >= 15 is 0 Å². The van der Waals surface area contributed by atoms with Crippen molar-refractivity contribution in [2.45, 2.75) is 44.8 Å². The molecule has 1 fully saturated rings. The number of aliphatic carboxylic acids is 1. The maximum atomic E-state index is 10.9. The van der Waals surface area contributed by atoms with Gasteiger partial charge in [-0.3, -0.25) is 4.79 Å². The summed E-state index contributed by atoms with van der Waals surface area (Å²) in [5.74, 6) is -0.773. The van der Waals surface area contributed by atoms with Crippen molar-refractivity contribution in [3.8, 4) is 0 Å². The third-order valence-corrected chi connectivity index (χ3v) is 4.25. The summed E-state index contributed by atoms with van der Waals surface area (Å²) in [4.78, 5) is 13.3. The topological polar surface area (TPSA) is 52.6 Å². The summed E-state index contributed by atoms with van der Waals surface area (Å²) in [5, 5.41) is 12.5. The number of nitrogens with one attached hydrogen (secondary N) is 1. The maximum Gasteiger partial charge on any atom is 0.307 e. The molecule has 1 saturated heterocycles. The van der Waals surface area contributed by atoms with Crippen LogP contribution < -0.4 is 5.32 Å². The molecule has 1 aliphatic heterocycles. The first-order valence-corrected chi connectivity index (χ1v) is 7.28. The molecule has 2 unspecified atom stereocenters. The fourth-order valence-corrected chi connectivity index (χ4v) is 2.79. The first-order valence-electron chi connectivity index (χ1n) is 7.28. The van der Waals surface area contributed by atoms with Crippen LogP contribution in [0.2, 0.25) is 0 Å². The molecule has 2 rings (SSSR count). The van der Waals surface area contributed by atoms with Gasteiger partial charge in [-0.25, -0.2) is 0 Å². The first kappa shape index (κ1) is 15.0. The van der Waals surface area contributed by atoms with Crippen LogP contribution >= 0.6 is 0 Å². The maximum absolute atomic E-state index is 10.9. The second-order valence-electron chi connectivity index (χ2n) is 5.77. The largest absolute Gasteiger partial charge is 0.481 e. The Balaban J connectivity index is 1.92. The van der Waals surface area contributed by atoms with Crippen molar-refractivity contribution in [3.63, 3.8) is 0 Å². The Kier molecular flexibility index (Phi) is 5.15. The Labute approximate surface area is 120 Å². The molecular weight excluding hydrogens is 252 g/mol. The van der Waals surface area contributed by atoms with E-state index in [1.54, 1.807) is 0 Å². The molecule has 4 heteroatoms. The molecule has 2 N–H and O–H groups in total. The molecule has 20 heavy (non-hydrogen) atoms. The van der Waals surface area contributed by atoms with Crippen molar-refractivity contribution in [1.82, 2.24) is 10.2 Å². The monoisotopic (exact) mass is 276 g/mol. The fraction of sp³-hybridized carbons (Fsp3) is 0.562. The molecular formula is C16H24N2O2. The lowest BCUT2D eigenvalue weighted by molar-refractivity contribution is -0.136. The summed E-state index contributed by atoms with van der Waals surface area (Å²) in [6.45, 7) is 4.13. The Bertz CT molecular complexity index is 462. The van der Waals surface area contributed by atoms with Crippen LogP contribution in [0.25, 0.3) is 0 Å². The summed E-state index contributed by atoms with van der Waals surface area (Å²) in [6, 6.07) is 8.93. The molecule has 0 spiro atoms. The second-order valence-corrected chi connectivity index (χ2v) is 5.77. The van der Waals surface area contributed by atoms with Crippen LogP contribution in [-0.4, -0.2) is 41.7 Å². The van der Waals surface area contributed by atoms with E-state index in [9.17, 15) is 4.79 Å². The molecule has 0 saturated carbocycles. The molecule has 4 nitrogen and oxygen atoms in total. The fourth-order valence-electron chi connectivity index (χ4n) is 2.79. The van der Waals surface area contributed by atoms with Gasteiger partial charge in [0, 0.05) is 18.6 Å². The SMILES string of the molecule is CC1CC(NCc2ccccc2CC(=O)O)CCN1C. The van der Waals surface area contributed by atoms with Crippen LogP contribution in [0.5, 0.6) is 0 Å². The van der Waals surface area contributed by atoms with Crippen molar-refractivity contribution in [3.05, 3.63) is 35.4 Å². The molecule has 1 heterocycles.